The highest BCUT2D eigenvalue weighted by Gasteiger charge is 2.21. The summed E-state index contributed by atoms with van der Waals surface area (Å²) in [5.41, 5.74) is 2.37. The molecule has 1 saturated carbocycles. The van der Waals surface area contributed by atoms with Crippen molar-refractivity contribution in [2.75, 3.05) is 39.6 Å². The summed E-state index contributed by atoms with van der Waals surface area (Å²) in [7, 11) is 1.75. The van der Waals surface area contributed by atoms with Crippen LogP contribution < -0.4 is 5.32 Å². The molecule has 0 bridgehead atoms. The molecule has 186 valence electrons. The third-order valence-corrected chi connectivity index (χ3v) is 7.35. The Hall–Kier alpha value is -2.91. The maximum absolute atomic E-state index is 12.8. The number of pyridine rings is 1. The molecule has 1 fully saturated rings. The number of carbonyl (C=O) groups excluding carboxylic acids is 2. The fraction of sp³-hybridized carbons (Fsp3) is 0.462. The Balaban J connectivity index is 1.19. The molecule has 1 aromatic carbocycles. The highest BCUT2D eigenvalue weighted by atomic mass is 32.2. The molecule has 35 heavy (non-hydrogen) atoms. The summed E-state index contributed by atoms with van der Waals surface area (Å²) < 4.78 is 7.65. The van der Waals surface area contributed by atoms with E-state index < -0.39 is 0 Å². The molecule has 1 N–H and O–H groups in total. The second-order valence-electron chi connectivity index (χ2n) is 8.82. The fourth-order valence-electron chi connectivity index (χ4n) is 4.46. The molecule has 1 unspecified atom stereocenters. The molecule has 0 spiro atoms. The number of likely N-dealkylation sites (N-methyl/N-ethyl adjacent to an activating group) is 1. The van der Waals surface area contributed by atoms with Crippen LogP contribution in [0.1, 0.15) is 52.9 Å². The largest absolute Gasteiger partial charge is 0.378 e. The van der Waals surface area contributed by atoms with Gasteiger partial charge in [-0.1, -0.05) is 43.2 Å². The van der Waals surface area contributed by atoms with Crippen LogP contribution in [0.4, 0.5) is 0 Å². The summed E-state index contributed by atoms with van der Waals surface area (Å²) in [6, 6.07) is 12.0. The van der Waals surface area contributed by atoms with Crippen molar-refractivity contribution in [3.05, 3.63) is 59.9 Å². The lowest BCUT2D eigenvalue weighted by Crippen LogP contribution is -2.33. The van der Waals surface area contributed by atoms with Gasteiger partial charge in [-0.15, -0.1) is 11.8 Å². The molecule has 9 heteroatoms. The van der Waals surface area contributed by atoms with Crippen molar-refractivity contribution in [1.82, 2.24) is 25.0 Å². The molecule has 0 radical (unpaired) electrons. The summed E-state index contributed by atoms with van der Waals surface area (Å²) >= 11 is 1.51. The lowest BCUT2D eigenvalue weighted by atomic mass is 10.1. The van der Waals surface area contributed by atoms with Crippen LogP contribution in [-0.4, -0.2) is 71.1 Å². The summed E-state index contributed by atoms with van der Waals surface area (Å²) in [5.74, 6) is -0.130. The molecular weight excluding hydrogens is 462 g/mol. The predicted molar refractivity (Wildman–Crippen MR) is 139 cm³/mol. The van der Waals surface area contributed by atoms with Crippen molar-refractivity contribution in [2.24, 2.45) is 0 Å². The van der Waals surface area contributed by atoms with Gasteiger partial charge in [-0.3, -0.25) is 9.59 Å². The number of hydrogen-bond donors (Lipinski definition) is 1. The monoisotopic (exact) mass is 495 g/mol. The van der Waals surface area contributed by atoms with Crippen LogP contribution in [0.3, 0.4) is 0 Å². The molecule has 1 aliphatic carbocycles. The minimum absolute atomic E-state index is 0.0289. The number of fused-ring (bicyclic) bond motifs is 1. The number of aromatic nitrogens is 3. The minimum atomic E-state index is -0.240. The van der Waals surface area contributed by atoms with Gasteiger partial charge in [0.05, 0.1) is 31.0 Å². The van der Waals surface area contributed by atoms with Crippen molar-refractivity contribution in [3.63, 3.8) is 0 Å². The van der Waals surface area contributed by atoms with Crippen LogP contribution in [-0.2, 0) is 9.53 Å². The summed E-state index contributed by atoms with van der Waals surface area (Å²) in [6.45, 7) is 1.64. The maximum Gasteiger partial charge on any atom is 0.255 e. The zero-order valence-electron chi connectivity index (χ0n) is 20.4. The van der Waals surface area contributed by atoms with E-state index in [4.69, 9.17) is 4.74 Å². The van der Waals surface area contributed by atoms with Crippen LogP contribution in [0, 0.1) is 0 Å². The number of carbonyl (C=O) groups is 2. The van der Waals surface area contributed by atoms with E-state index in [1.165, 1.54) is 24.6 Å². The van der Waals surface area contributed by atoms with Gasteiger partial charge in [0, 0.05) is 31.7 Å². The van der Waals surface area contributed by atoms with Gasteiger partial charge >= 0.3 is 0 Å². The Kier molecular flexibility index (Phi) is 8.76. The van der Waals surface area contributed by atoms with E-state index in [1.54, 1.807) is 24.3 Å². The van der Waals surface area contributed by atoms with Crippen molar-refractivity contribution in [2.45, 2.75) is 37.0 Å². The SMILES string of the molecule is CSC(C(=O)NCCOCCN(C)C(=O)c1cnc2c(cnn2C2CCCC2)c1)c1ccccc1. The summed E-state index contributed by atoms with van der Waals surface area (Å²) in [6.07, 6.45) is 10.1. The molecule has 8 nitrogen and oxygen atoms in total. The number of rotatable bonds is 11. The fourth-order valence-corrected chi connectivity index (χ4v) is 5.19. The van der Waals surface area contributed by atoms with E-state index >= 15 is 0 Å². The van der Waals surface area contributed by atoms with Gasteiger partial charge < -0.3 is 15.0 Å². The van der Waals surface area contributed by atoms with Gasteiger partial charge in [0.2, 0.25) is 5.91 Å². The molecule has 2 amide bonds. The highest BCUT2D eigenvalue weighted by molar-refractivity contribution is 7.99. The molecule has 0 aliphatic heterocycles. The van der Waals surface area contributed by atoms with Crippen molar-refractivity contribution in [3.8, 4) is 0 Å². The number of ether oxygens (including phenoxy) is 1. The van der Waals surface area contributed by atoms with E-state index in [0.29, 0.717) is 37.9 Å². The second kappa shape index (κ2) is 12.2. The van der Waals surface area contributed by atoms with Crippen LogP contribution in [0.25, 0.3) is 11.0 Å². The molecule has 0 saturated heterocycles. The molecule has 2 heterocycles. The summed E-state index contributed by atoms with van der Waals surface area (Å²) in [5, 5.41) is 8.10. The third kappa shape index (κ3) is 6.21. The second-order valence-corrected chi connectivity index (χ2v) is 9.76. The lowest BCUT2D eigenvalue weighted by molar-refractivity contribution is -0.120. The molecule has 3 aromatic rings. The Bertz CT molecular complexity index is 1130. The average molecular weight is 496 g/mol. The van der Waals surface area contributed by atoms with Crippen LogP contribution in [0.2, 0.25) is 0 Å². The molecule has 2 aromatic heterocycles. The smallest absolute Gasteiger partial charge is 0.255 e. The first-order valence-electron chi connectivity index (χ1n) is 12.1. The number of hydrogen-bond acceptors (Lipinski definition) is 6. The maximum atomic E-state index is 12.8. The number of amides is 2. The van der Waals surface area contributed by atoms with Crippen LogP contribution >= 0.6 is 11.8 Å². The van der Waals surface area contributed by atoms with Gasteiger partial charge in [-0.2, -0.15) is 5.10 Å². The number of benzene rings is 1. The Morgan fingerprint density at radius 3 is 2.71 bits per heavy atom. The van der Waals surface area contributed by atoms with E-state index in [2.05, 4.69) is 15.4 Å². The van der Waals surface area contributed by atoms with Gasteiger partial charge in [0.25, 0.3) is 5.91 Å². The topological polar surface area (TPSA) is 89.3 Å². The predicted octanol–water partition coefficient (Wildman–Crippen LogP) is 3.86. The average Bonchev–Trinajstić information content (AvgIpc) is 3.56. The zero-order valence-corrected chi connectivity index (χ0v) is 21.2. The minimum Gasteiger partial charge on any atom is -0.378 e. The van der Waals surface area contributed by atoms with Crippen LogP contribution in [0.15, 0.2) is 48.8 Å². The Morgan fingerprint density at radius 2 is 1.97 bits per heavy atom. The first kappa shape index (κ1) is 25.2. The number of thioether (sulfide) groups is 1. The standard InChI is InChI=1S/C26H33N5O3S/c1-30(13-15-34-14-12-27-25(32)23(35-2)19-8-4-3-5-9-19)26(33)21-16-20-18-29-31(24(20)28-17-21)22-10-6-7-11-22/h3-5,8-9,16-18,22-23H,6-7,10-15H2,1-2H3,(H,27,32). The molecule has 4 rings (SSSR count). The molecule has 1 aliphatic rings. The van der Waals surface area contributed by atoms with E-state index in [9.17, 15) is 9.59 Å². The van der Waals surface area contributed by atoms with Gasteiger partial charge in [-0.05, 0) is 30.7 Å². The van der Waals surface area contributed by atoms with Gasteiger partial charge in [0.1, 0.15) is 5.25 Å². The van der Waals surface area contributed by atoms with Crippen LogP contribution in [0.5, 0.6) is 0 Å². The number of nitrogens with zero attached hydrogens (tertiary/aromatic N) is 4. The Morgan fingerprint density at radius 1 is 1.20 bits per heavy atom. The normalized spacial score (nSPS) is 14.8. The zero-order chi connectivity index (χ0) is 24.6. The quantitative estimate of drug-likeness (QED) is 0.407. The van der Waals surface area contributed by atoms with E-state index in [1.807, 2.05) is 47.3 Å². The third-order valence-electron chi connectivity index (χ3n) is 6.39. The van der Waals surface area contributed by atoms with Gasteiger partial charge in [-0.25, -0.2) is 9.67 Å². The van der Waals surface area contributed by atoms with E-state index in [-0.39, 0.29) is 17.1 Å². The van der Waals surface area contributed by atoms with Crippen molar-refractivity contribution < 1.29 is 14.3 Å². The van der Waals surface area contributed by atoms with Gasteiger partial charge in [0.15, 0.2) is 5.65 Å². The Labute approximate surface area is 210 Å². The first-order chi connectivity index (χ1) is 17.1. The van der Waals surface area contributed by atoms with Crippen molar-refractivity contribution in [1.29, 1.82) is 0 Å². The molecular formula is C26H33N5O3S. The van der Waals surface area contributed by atoms with E-state index in [0.717, 1.165) is 29.4 Å². The lowest BCUT2D eigenvalue weighted by Gasteiger charge is -2.18. The van der Waals surface area contributed by atoms with Crippen molar-refractivity contribution >= 4 is 34.6 Å². The summed E-state index contributed by atoms with van der Waals surface area (Å²) in [4.78, 5) is 31.5. The highest BCUT2D eigenvalue weighted by Crippen LogP contribution is 2.31. The number of nitrogens with one attached hydrogen (secondary N) is 1. The molecule has 1 atom stereocenters. The first-order valence-corrected chi connectivity index (χ1v) is 13.4.